The first-order valence-electron chi connectivity index (χ1n) is 7.46. The monoisotopic (exact) mass is 280 g/mol. The third kappa shape index (κ3) is 3.59. The second-order valence-electron chi connectivity index (χ2n) is 6.95. The van der Waals surface area contributed by atoms with Crippen LogP contribution in [0.3, 0.4) is 0 Å². The lowest BCUT2D eigenvalue weighted by Gasteiger charge is -2.36. The van der Waals surface area contributed by atoms with Gasteiger partial charge in [-0.2, -0.15) is 0 Å². The van der Waals surface area contributed by atoms with Crippen molar-refractivity contribution in [2.75, 3.05) is 19.6 Å². The summed E-state index contributed by atoms with van der Waals surface area (Å²) in [6.07, 6.45) is 2.68. The van der Waals surface area contributed by atoms with Crippen LogP contribution in [0.25, 0.3) is 0 Å². The average Bonchev–Trinajstić information content (AvgIpc) is 2.79. The van der Waals surface area contributed by atoms with Gasteiger partial charge in [0.1, 0.15) is 0 Å². The number of likely N-dealkylation sites (tertiary alicyclic amines) is 1. The first-order chi connectivity index (χ1) is 8.91. The smallest absolute Gasteiger partial charge is 0.0564 e. The van der Waals surface area contributed by atoms with Gasteiger partial charge >= 0.3 is 0 Å². The van der Waals surface area contributed by atoms with E-state index >= 15 is 0 Å². The van der Waals surface area contributed by atoms with Crippen molar-refractivity contribution >= 4 is 11.3 Å². The predicted molar refractivity (Wildman–Crippen MR) is 84.8 cm³/mol. The van der Waals surface area contributed by atoms with E-state index in [4.69, 9.17) is 5.73 Å². The summed E-state index contributed by atoms with van der Waals surface area (Å²) in [5.74, 6) is 0.810. The molecule has 0 amide bonds. The summed E-state index contributed by atoms with van der Waals surface area (Å²) in [6.45, 7) is 12.3. The van der Waals surface area contributed by atoms with Gasteiger partial charge < -0.3 is 5.73 Å². The largest absolute Gasteiger partial charge is 0.329 e. The number of nitrogens with two attached hydrogens (primary N) is 1. The van der Waals surface area contributed by atoms with Gasteiger partial charge in [0.25, 0.3) is 0 Å². The van der Waals surface area contributed by atoms with Crippen molar-refractivity contribution in [2.24, 2.45) is 11.7 Å². The molecule has 0 aliphatic carbocycles. The lowest BCUT2D eigenvalue weighted by atomic mass is 9.95. The van der Waals surface area contributed by atoms with E-state index in [1.165, 1.54) is 35.7 Å². The second-order valence-corrected chi connectivity index (χ2v) is 8.06. The molecule has 19 heavy (non-hydrogen) atoms. The molecule has 0 saturated carbocycles. The summed E-state index contributed by atoms with van der Waals surface area (Å²) in [5.41, 5.74) is 6.31. The molecular weight excluding hydrogens is 252 g/mol. The van der Waals surface area contributed by atoms with Crippen molar-refractivity contribution in [3.8, 4) is 0 Å². The van der Waals surface area contributed by atoms with Crippen molar-refractivity contribution in [3.05, 3.63) is 21.9 Å². The molecule has 2 rings (SSSR count). The van der Waals surface area contributed by atoms with Crippen LogP contribution in [0, 0.1) is 5.92 Å². The highest BCUT2D eigenvalue weighted by Crippen LogP contribution is 2.35. The Kier molecular flexibility index (Phi) is 4.70. The van der Waals surface area contributed by atoms with Gasteiger partial charge in [-0.15, -0.1) is 11.3 Å². The number of hydrogen-bond donors (Lipinski definition) is 1. The lowest BCUT2D eigenvalue weighted by Crippen LogP contribution is -2.40. The summed E-state index contributed by atoms with van der Waals surface area (Å²) < 4.78 is 0. The summed E-state index contributed by atoms with van der Waals surface area (Å²) in [5, 5.41) is 0. The predicted octanol–water partition coefficient (Wildman–Crippen LogP) is 3.78. The van der Waals surface area contributed by atoms with Crippen LogP contribution >= 0.6 is 11.3 Å². The third-order valence-electron chi connectivity index (χ3n) is 4.05. The van der Waals surface area contributed by atoms with E-state index < -0.39 is 0 Å². The molecule has 2 unspecified atom stereocenters. The molecule has 108 valence electrons. The first kappa shape index (κ1) is 15.0. The Morgan fingerprint density at radius 1 is 1.42 bits per heavy atom. The molecule has 1 saturated heterocycles. The Bertz CT molecular complexity index is 405. The summed E-state index contributed by atoms with van der Waals surface area (Å²) >= 11 is 1.95. The minimum atomic E-state index is 0.247. The van der Waals surface area contributed by atoms with Crippen molar-refractivity contribution in [1.29, 1.82) is 0 Å². The maximum atomic E-state index is 6.06. The summed E-state index contributed by atoms with van der Waals surface area (Å²) in [6, 6.07) is 5.00. The normalized spacial score (nSPS) is 23.5. The van der Waals surface area contributed by atoms with E-state index in [0.717, 1.165) is 12.5 Å². The number of piperidine rings is 1. The van der Waals surface area contributed by atoms with Crippen LogP contribution in [-0.2, 0) is 5.41 Å². The van der Waals surface area contributed by atoms with Gasteiger partial charge in [0.15, 0.2) is 0 Å². The molecule has 1 aliphatic heterocycles. The van der Waals surface area contributed by atoms with Gasteiger partial charge in [0.05, 0.1) is 6.04 Å². The van der Waals surface area contributed by atoms with Gasteiger partial charge in [-0.25, -0.2) is 0 Å². The van der Waals surface area contributed by atoms with E-state index in [0.29, 0.717) is 6.04 Å². The van der Waals surface area contributed by atoms with Crippen molar-refractivity contribution in [2.45, 2.75) is 52.0 Å². The number of rotatable bonds is 3. The molecule has 1 aromatic rings. The van der Waals surface area contributed by atoms with E-state index in [-0.39, 0.29) is 5.41 Å². The van der Waals surface area contributed by atoms with Gasteiger partial charge in [0, 0.05) is 22.8 Å². The number of nitrogens with zero attached hydrogens (tertiary/aromatic N) is 1. The zero-order valence-electron chi connectivity index (χ0n) is 12.8. The molecule has 0 radical (unpaired) electrons. The van der Waals surface area contributed by atoms with E-state index in [1.54, 1.807) is 0 Å². The molecule has 0 aromatic carbocycles. The highest BCUT2D eigenvalue weighted by Gasteiger charge is 2.26. The Labute approximate surface area is 122 Å². The summed E-state index contributed by atoms with van der Waals surface area (Å²) in [7, 11) is 0. The topological polar surface area (TPSA) is 29.3 Å². The van der Waals surface area contributed by atoms with E-state index in [2.05, 4.69) is 44.7 Å². The Hall–Kier alpha value is -0.380. The van der Waals surface area contributed by atoms with Gasteiger partial charge in [-0.1, -0.05) is 27.7 Å². The maximum absolute atomic E-state index is 6.06. The first-order valence-corrected chi connectivity index (χ1v) is 8.28. The molecule has 0 bridgehead atoms. The zero-order chi connectivity index (χ0) is 14.0. The second kappa shape index (κ2) is 5.94. The van der Waals surface area contributed by atoms with Crippen molar-refractivity contribution in [1.82, 2.24) is 4.90 Å². The fourth-order valence-corrected chi connectivity index (χ4v) is 4.10. The molecular formula is C16H28N2S. The maximum Gasteiger partial charge on any atom is 0.0564 e. The molecule has 3 heteroatoms. The van der Waals surface area contributed by atoms with Crippen LogP contribution in [0.15, 0.2) is 12.1 Å². The van der Waals surface area contributed by atoms with Crippen LogP contribution in [-0.4, -0.2) is 24.5 Å². The minimum Gasteiger partial charge on any atom is -0.329 e. The molecule has 2 N–H and O–H groups in total. The highest BCUT2D eigenvalue weighted by molar-refractivity contribution is 7.12. The lowest BCUT2D eigenvalue weighted by molar-refractivity contribution is 0.135. The molecule has 1 fully saturated rings. The molecule has 2 atom stereocenters. The minimum absolute atomic E-state index is 0.247. The SMILES string of the molecule is CC1CCCN(C(CN)c2ccc(C(C)(C)C)s2)C1. The fraction of sp³-hybridized carbons (Fsp3) is 0.750. The van der Waals surface area contributed by atoms with Gasteiger partial charge in [-0.3, -0.25) is 4.90 Å². The third-order valence-corrected chi connectivity index (χ3v) is 5.66. The van der Waals surface area contributed by atoms with Crippen molar-refractivity contribution in [3.63, 3.8) is 0 Å². The van der Waals surface area contributed by atoms with Crippen LogP contribution in [0.4, 0.5) is 0 Å². The quantitative estimate of drug-likeness (QED) is 0.913. The zero-order valence-corrected chi connectivity index (χ0v) is 13.6. The van der Waals surface area contributed by atoms with Crippen LogP contribution in [0.5, 0.6) is 0 Å². The van der Waals surface area contributed by atoms with Crippen LogP contribution < -0.4 is 5.73 Å². The van der Waals surface area contributed by atoms with Gasteiger partial charge in [0.2, 0.25) is 0 Å². The highest BCUT2D eigenvalue weighted by atomic mass is 32.1. The fourth-order valence-electron chi connectivity index (χ4n) is 2.89. The van der Waals surface area contributed by atoms with Gasteiger partial charge in [-0.05, 0) is 42.9 Å². The molecule has 1 aromatic heterocycles. The standard InChI is InChI=1S/C16H28N2S/c1-12-6-5-9-18(11-12)13(10-17)14-7-8-15(19-14)16(2,3)4/h7-8,12-13H,5-6,9-11,17H2,1-4H3. The Morgan fingerprint density at radius 3 is 2.68 bits per heavy atom. The molecule has 1 aliphatic rings. The Morgan fingerprint density at radius 2 is 2.16 bits per heavy atom. The number of thiophene rings is 1. The molecule has 2 heterocycles. The van der Waals surface area contributed by atoms with E-state index in [1.807, 2.05) is 11.3 Å². The molecule has 2 nitrogen and oxygen atoms in total. The molecule has 0 spiro atoms. The van der Waals surface area contributed by atoms with Crippen LogP contribution in [0.1, 0.15) is 56.3 Å². The summed E-state index contributed by atoms with van der Waals surface area (Å²) in [4.78, 5) is 5.50. The van der Waals surface area contributed by atoms with Crippen molar-refractivity contribution < 1.29 is 0 Å². The van der Waals surface area contributed by atoms with Crippen LogP contribution in [0.2, 0.25) is 0 Å². The van der Waals surface area contributed by atoms with E-state index in [9.17, 15) is 0 Å². The Balaban J connectivity index is 2.15. The average molecular weight is 280 g/mol. The number of hydrogen-bond acceptors (Lipinski definition) is 3.